The highest BCUT2D eigenvalue weighted by Crippen LogP contribution is 2.53. The number of imidazole rings is 1. The van der Waals surface area contributed by atoms with Crippen molar-refractivity contribution in [1.82, 2.24) is 29.3 Å². The fourth-order valence-electron chi connectivity index (χ4n) is 10.2. The monoisotopic (exact) mass is 734 g/mol. The molecule has 0 radical (unpaired) electrons. The van der Waals surface area contributed by atoms with E-state index in [1.807, 2.05) is 22.5 Å². The molecule has 5 aliphatic heterocycles. The first-order valence-corrected chi connectivity index (χ1v) is 19.6. The lowest BCUT2D eigenvalue weighted by Crippen LogP contribution is -2.62. The minimum atomic E-state index is -0.691. The number of aromatic nitrogens is 4. The van der Waals surface area contributed by atoms with E-state index in [2.05, 4.69) is 52.1 Å². The molecule has 13 heteroatoms. The summed E-state index contributed by atoms with van der Waals surface area (Å²) in [5.74, 6) is 0.300. The molecule has 6 aliphatic rings. The predicted octanol–water partition coefficient (Wildman–Crippen LogP) is 5.59. The fraction of sp³-hybridized carbons (Fsp3) is 0.537. The van der Waals surface area contributed by atoms with Gasteiger partial charge in [0.25, 0.3) is 0 Å². The number of nitrogens with one attached hydrogen (secondary N) is 1. The fourth-order valence-corrected chi connectivity index (χ4v) is 10.2. The molecule has 3 aromatic heterocycles. The summed E-state index contributed by atoms with van der Waals surface area (Å²) in [6.45, 7) is 9.70. The molecule has 1 aliphatic carbocycles. The Morgan fingerprint density at radius 2 is 1.76 bits per heavy atom. The topological polar surface area (TPSA) is 118 Å². The Labute approximate surface area is 314 Å². The Hall–Kier alpha value is -4.46. The number of amides is 2. The van der Waals surface area contributed by atoms with Gasteiger partial charge in [-0.05, 0) is 83.1 Å². The summed E-state index contributed by atoms with van der Waals surface area (Å²) in [5, 5.41) is 3.23. The van der Waals surface area contributed by atoms with E-state index in [1.165, 1.54) is 19.0 Å². The third kappa shape index (κ3) is 5.14. The van der Waals surface area contributed by atoms with E-state index >= 15 is 4.79 Å². The number of halogens is 1. The maximum Gasteiger partial charge on any atom is 0.238 e. The summed E-state index contributed by atoms with van der Waals surface area (Å²) in [4.78, 5) is 49.0. The van der Waals surface area contributed by atoms with Crippen LogP contribution in [0.5, 0.6) is 0 Å². The summed E-state index contributed by atoms with van der Waals surface area (Å²) in [6, 6.07) is 11.5. The van der Waals surface area contributed by atoms with Gasteiger partial charge in [-0.2, -0.15) is 0 Å². The Morgan fingerprint density at radius 1 is 1.00 bits per heavy atom. The average molecular weight is 735 g/mol. The van der Waals surface area contributed by atoms with Crippen molar-refractivity contribution in [3.63, 3.8) is 0 Å². The smallest absolute Gasteiger partial charge is 0.238 e. The van der Waals surface area contributed by atoms with Crippen molar-refractivity contribution in [2.75, 3.05) is 49.7 Å². The molecular weight excluding hydrogens is 688 g/mol. The van der Waals surface area contributed by atoms with E-state index in [1.54, 1.807) is 18.6 Å². The SMILES string of the molecule is CC(C)n1cnc2cc(-c3ccc4c(c3)N(C3CC(N5C6CCC5COC6)C3)C(=O)C43CCN(C(=O)C4(C)COC4)CC3)nc(Nc3ccncc3F)c21. The molecule has 2 unspecified atom stereocenters. The van der Waals surface area contributed by atoms with Crippen LogP contribution < -0.4 is 10.2 Å². The molecule has 282 valence electrons. The number of benzene rings is 1. The molecule has 54 heavy (non-hydrogen) atoms. The van der Waals surface area contributed by atoms with Crippen LogP contribution >= 0.6 is 0 Å². The van der Waals surface area contributed by atoms with Gasteiger partial charge in [0.05, 0.1) is 66.7 Å². The molecule has 1 spiro atoms. The molecule has 5 fully saturated rings. The molecule has 8 heterocycles. The normalized spacial score (nSPS) is 27.0. The second-order valence-electron chi connectivity index (χ2n) is 16.9. The third-order valence-corrected chi connectivity index (χ3v) is 13.3. The van der Waals surface area contributed by atoms with E-state index < -0.39 is 16.6 Å². The first kappa shape index (κ1) is 34.1. The van der Waals surface area contributed by atoms with Gasteiger partial charge in [0.15, 0.2) is 11.6 Å². The Bertz CT molecular complexity index is 2140. The quantitative estimate of drug-likeness (QED) is 0.259. The predicted molar refractivity (Wildman–Crippen MR) is 201 cm³/mol. The minimum absolute atomic E-state index is 0.0906. The number of hydrogen-bond acceptors (Lipinski definition) is 9. The largest absolute Gasteiger partial charge is 0.379 e. The first-order chi connectivity index (χ1) is 26.1. The summed E-state index contributed by atoms with van der Waals surface area (Å²) in [6.07, 6.45) is 9.93. The number of anilines is 3. The van der Waals surface area contributed by atoms with Gasteiger partial charge in [-0.25, -0.2) is 14.4 Å². The number of nitrogens with zero attached hydrogens (tertiary/aromatic N) is 7. The Balaban J connectivity index is 1.02. The summed E-state index contributed by atoms with van der Waals surface area (Å²) >= 11 is 0. The molecule has 1 aromatic carbocycles. The molecule has 2 atom stereocenters. The zero-order valence-corrected chi connectivity index (χ0v) is 31.1. The van der Waals surface area contributed by atoms with E-state index in [-0.39, 0.29) is 29.6 Å². The van der Waals surface area contributed by atoms with E-state index in [4.69, 9.17) is 19.4 Å². The standard InChI is InChI=1S/C41H47FN8O4/c1-24(2)48-23-44-34-17-33(46-37(36(34)48)45-32-8-11-43-18-31(32)42)25-4-7-30-35(14-25)50(29-15-28(16-29)49-26-5-6-27(49)20-53-19-26)39(52)41(30)9-12-47(13-10-41)38(51)40(3)21-54-22-40/h4,7-8,11,14,17-18,23-24,26-29H,5-6,9-10,12-13,15-16,19-22H2,1-3H3,(H,43,45,46). The second kappa shape index (κ2) is 12.5. The van der Waals surface area contributed by atoms with Crippen molar-refractivity contribution in [2.24, 2.45) is 5.41 Å². The van der Waals surface area contributed by atoms with Crippen molar-refractivity contribution in [3.05, 3.63) is 60.4 Å². The van der Waals surface area contributed by atoms with Crippen LogP contribution in [0.2, 0.25) is 0 Å². The molecule has 4 aromatic rings. The molecular formula is C41H47FN8O4. The maximum atomic E-state index is 15.0. The lowest BCUT2D eigenvalue weighted by atomic mass is 9.72. The molecule has 2 bridgehead atoms. The van der Waals surface area contributed by atoms with Crippen molar-refractivity contribution in [3.8, 4) is 11.3 Å². The lowest BCUT2D eigenvalue weighted by Gasteiger charge is -2.51. The van der Waals surface area contributed by atoms with Gasteiger partial charge >= 0.3 is 0 Å². The van der Waals surface area contributed by atoms with Gasteiger partial charge in [0.2, 0.25) is 11.8 Å². The van der Waals surface area contributed by atoms with Gasteiger partial charge in [0, 0.05) is 60.7 Å². The number of rotatable bonds is 7. The lowest BCUT2D eigenvalue weighted by molar-refractivity contribution is -0.170. The van der Waals surface area contributed by atoms with Crippen LogP contribution in [-0.4, -0.2) is 105 Å². The maximum absolute atomic E-state index is 15.0. The van der Waals surface area contributed by atoms with Crippen molar-refractivity contribution in [1.29, 1.82) is 0 Å². The summed E-state index contributed by atoms with van der Waals surface area (Å²) in [5.41, 5.74) is 4.14. The van der Waals surface area contributed by atoms with Crippen LogP contribution in [-0.2, 0) is 24.5 Å². The average Bonchev–Trinajstić information content (AvgIpc) is 3.75. The number of carbonyl (C=O) groups excluding carboxylic acids is 2. The number of likely N-dealkylation sites (tertiary alicyclic amines) is 1. The zero-order valence-electron chi connectivity index (χ0n) is 31.1. The Kier molecular flexibility index (Phi) is 7.91. The van der Waals surface area contributed by atoms with Crippen molar-refractivity contribution in [2.45, 2.75) is 94.9 Å². The number of pyridine rings is 2. The van der Waals surface area contributed by atoms with E-state index in [0.717, 1.165) is 53.9 Å². The highest BCUT2D eigenvalue weighted by molar-refractivity contribution is 6.09. The van der Waals surface area contributed by atoms with Crippen LogP contribution in [0.1, 0.15) is 70.9 Å². The highest BCUT2D eigenvalue weighted by Gasteiger charge is 2.57. The van der Waals surface area contributed by atoms with Crippen molar-refractivity contribution >= 4 is 40.0 Å². The second-order valence-corrected chi connectivity index (χ2v) is 16.9. The highest BCUT2D eigenvalue weighted by atomic mass is 19.1. The van der Waals surface area contributed by atoms with Crippen LogP contribution in [0.15, 0.2) is 49.1 Å². The Morgan fingerprint density at radius 3 is 2.44 bits per heavy atom. The number of piperidine rings is 1. The van der Waals surface area contributed by atoms with Crippen molar-refractivity contribution < 1.29 is 23.5 Å². The summed E-state index contributed by atoms with van der Waals surface area (Å²) < 4.78 is 28.2. The number of ether oxygens (including phenoxy) is 2. The molecule has 2 amide bonds. The van der Waals surface area contributed by atoms with Gasteiger partial charge < -0.3 is 29.2 Å². The van der Waals surface area contributed by atoms with Gasteiger partial charge in [-0.3, -0.25) is 19.5 Å². The molecule has 4 saturated heterocycles. The van der Waals surface area contributed by atoms with E-state index in [9.17, 15) is 9.18 Å². The molecule has 10 rings (SSSR count). The minimum Gasteiger partial charge on any atom is -0.379 e. The van der Waals surface area contributed by atoms with Gasteiger partial charge in [-0.1, -0.05) is 12.1 Å². The van der Waals surface area contributed by atoms with Crippen LogP contribution in [0.3, 0.4) is 0 Å². The number of hydrogen-bond donors (Lipinski definition) is 1. The van der Waals surface area contributed by atoms with Gasteiger partial charge in [-0.15, -0.1) is 0 Å². The zero-order chi connectivity index (χ0) is 36.9. The first-order valence-electron chi connectivity index (χ1n) is 19.6. The van der Waals surface area contributed by atoms with Gasteiger partial charge in [0.1, 0.15) is 5.52 Å². The van der Waals surface area contributed by atoms with Crippen LogP contribution in [0.25, 0.3) is 22.3 Å². The number of morpholine rings is 1. The van der Waals surface area contributed by atoms with Crippen LogP contribution in [0, 0.1) is 11.2 Å². The summed E-state index contributed by atoms with van der Waals surface area (Å²) in [7, 11) is 0. The number of carbonyl (C=O) groups is 2. The molecule has 1 N–H and O–H groups in total. The molecule has 1 saturated carbocycles. The van der Waals surface area contributed by atoms with Crippen LogP contribution in [0.4, 0.5) is 21.6 Å². The third-order valence-electron chi connectivity index (χ3n) is 13.3. The van der Waals surface area contributed by atoms with E-state index in [0.29, 0.717) is 68.8 Å². The molecule has 12 nitrogen and oxygen atoms in total. The number of fused-ring (bicyclic) bond motifs is 5.